The Morgan fingerprint density at radius 3 is 2.67 bits per heavy atom. The topological polar surface area (TPSA) is 82.7 Å². The minimum atomic E-state index is -0.0962. The van der Waals surface area contributed by atoms with E-state index in [0.717, 1.165) is 43.5 Å². The largest absolute Gasteiger partial charge is 0.493 e. The number of nitrogens with one attached hydrogen (secondary N) is 3. The molecule has 2 unspecified atom stereocenters. The summed E-state index contributed by atoms with van der Waals surface area (Å²) in [5, 5.41) is 10.2. The average Bonchev–Trinajstić information content (AvgIpc) is 2.86. The number of amides is 3. The number of piperidine rings is 1. The van der Waals surface area contributed by atoms with Crippen LogP contribution < -0.4 is 20.7 Å². The number of benzene rings is 2. The van der Waals surface area contributed by atoms with Gasteiger partial charge in [-0.15, -0.1) is 0 Å². The van der Waals surface area contributed by atoms with Gasteiger partial charge in [-0.2, -0.15) is 0 Å². The lowest BCUT2D eigenvalue weighted by Gasteiger charge is -2.40. The van der Waals surface area contributed by atoms with E-state index in [9.17, 15) is 9.59 Å². The van der Waals surface area contributed by atoms with Gasteiger partial charge in [0.05, 0.1) is 12.8 Å². The lowest BCUT2D eigenvalue weighted by Crippen LogP contribution is -2.58. The molecule has 2 fully saturated rings. The number of rotatable bonds is 8. The molecule has 3 N–H and O–H groups in total. The predicted molar refractivity (Wildman–Crippen MR) is 143 cm³/mol. The van der Waals surface area contributed by atoms with Crippen LogP contribution in [0.2, 0.25) is 10.0 Å². The van der Waals surface area contributed by atoms with Crippen LogP contribution in [0.5, 0.6) is 5.75 Å². The maximum absolute atomic E-state index is 13.0. The Balaban J connectivity index is 1.27. The number of aryl methyl sites for hydroxylation is 1. The molecule has 9 heteroatoms. The highest BCUT2D eigenvalue weighted by atomic mass is 35.5. The van der Waals surface area contributed by atoms with Gasteiger partial charge in [0, 0.05) is 47.7 Å². The first-order chi connectivity index (χ1) is 17.3. The number of carbonyl (C=O) groups is 2. The minimum absolute atomic E-state index is 0.0555. The van der Waals surface area contributed by atoms with Crippen molar-refractivity contribution >= 4 is 35.1 Å². The molecule has 2 aliphatic heterocycles. The van der Waals surface area contributed by atoms with Crippen molar-refractivity contribution in [3.8, 4) is 5.75 Å². The fourth-order valence-electron chi connectivity index (χ4n) is 4.90. The second-order valence-electron chi connectivity index (χ2n) is 9.65. The molecule has 7 nitrogen and oxygen atoms in total. The van der Waals surface area contributed by atoms with Crippen LogP contribution in [0.15, 0.2) is 36.4 Å². The Kier molecular flexibility index (Phi) is 8.99. The molecule has 2 aromatic carbocycles. The molecule has 36 heavy (non-hydrogen) atoms. The van der Waals surface area contributed by atoms with E-state index < -0.39 is 0 Å². The van der Waals surface area contributed by atoms with Crippen molar-refractivity contribution in [2.75, 3.05) is 26.2 Å². The summed E-state index contributed by atoms with van der Waals surface area (Å²) in [4.78, 5) is 27.0. The van der Waals surface area contributed by atoms with Gasteiger partial charge >= 0.3 is 6.03 Å². The highest BCUT2D eigenvalue weighted by Gasteiger charge is 2.30. The standard InChI is InChI=1S/C27H34Cl2N4O3/c1-17-3-4-21(15-24(17)36-14-10-20-5-6-22(28)16-23(20)29)26(34)31-18(2)19-8-12-33(13-9-19)25-7-11-30-27(35)32-25/h3-6,15-16,18-19,25H,7-14H2,1-2H3,(H,31,34)(H2,30,32,35). The van der Waals surface area contributed by atoms with Crippen LogP contribution in [0, 0.1) is 12.8 Å². The van der Waals surface area contributed by atoms with Gasteiger partial charge in [0.1, 0.15) is 5.75 Å². The minimum Gasteiger partial charge on any atom is -0.493 e. The lowest BCUT2D eigenvalue weighted by atomic mass is 9.89. The summed E-state index contributed by atoms with van der Waals surface area (Å²) in [5.41, 5.74) is 2.52. The van der Waals surface area contributed by atoms with Crippen molar-refractivity contribution in [2.24, 2.45) is 5.92 Å². The van der Waals surface area contributed by atoms with Crippen LogP contribution in [0.3, 0.4) is 0 Å². The molecule has 2 saturated heterocycles. The van der Waals surface area contributed by atoms with Gasteiger partial charge < -0.3 is 20.7 Å². The first-order valence-electron chi connectivity index (χ1n) is 12.6. The van der Waals surface area contributed by atoms with Gasteiger partial charge in [-0.05, 0) is 74.4 Å². The Morgan fingerprint density at radius 1 is 1.17 bits per heavy atom. The normalized spacial score (nSPS) is 19.8. The van der Waals surface area contributed by atoms with E-state index in [1.807, 2.05) is 37.3 Å². The van der Waals surface area contributed by atoms with Gasteiger partial charge in [-0.25, -0.2) is 4.79 Å². The number of carbonyl (C=O) groups excluding carboxylic acids is 2. The third-order valence-corrected chi connectivity index (χ3v) is 7.76. The summed E-state index contributed by atoms with van der Waals surface area (Å²) in [6.07, 6.45) is 3.62. The fourth-order valence-corrected chi connectivity index (χ4v) is 5.41. The third kappa shape index (κ3) is 6.84. The fraction of sp³-hybridized carbons (Fsp3) is 0.481. The summed E-state index contributed by atoms with van der Waals surface area (Å²) in [7, 11) is 0. The zero-order valence-electron chi connectivity index (χ0n) is 20.8. The molecule has 0 aromatic heterocycles. The molecule has 0 radical (unpaired) electrons. The molecule has 3 amide bonds. The Morgan fingerprint density at radius 2 is 1.94 bits per heavy atom. The van der Waals surface area contributed by atoms with Gasteiger partial charge in [-0.1, -0.05) is 35.3 Å². The van der Waals surface area contributed by atoms with Gasteiger partial charge in [0.15, 0.2) is 0 Å². The smallest absolute Gasteiger partial charge is 0.316 e. The second-order valence-corrected chi connectivity index (χ2v) is 10.5. The van der Waals surface area contributed by atoms with E-state index in [1.165, 1.54) is 0 Å². The highest BCUT2D eigenvalue weighted by Crippen LogP contribution is 2.25. The molecular formula is C27H34Cl2N4O3. The van der Waals surface area contributed by atoms with Crippen LogP contribution in [0.25, 0.3) is 0 Å². The number of hydrogen-bond acceptors (Lipinski definition) is 4. The molecule has 2 aromatic rings. The van der Waals surface area contributed by atoms with Crippen molar-refractivity contribution in [3.05, 3.63) is 63.1 Å². The molecule has 0 aliphatic carbocycles. The quantitative estimate of drug-likeness (QED) is 0.456. The molecule has 2 aliphatic rings. The second kappa shape index (κ2) is 12.2. The van der Waals surface area contributed by atoms with E-state index in [0.29, 0.717) is 46.8 Å². The zero-order chi connectivity index (χ0) is 25.7. The van der Waals surface area contributed by atoms with Crippen molar-refractivity contribution in [1.82, 2.24) is 20.9 Å². The van der Waals surface area contributed by atoms with E-state index in [1.54, 1.807) is 6.07 Å². The Hall–Kier alpha value is -2.48. The van der Waals surface area contributed by atoms with Crippen molar-refractivity contribution in [3.63, 3.8) is 0 Å². The van der Waals surface area contributed by atoms with Crippen LogP contribution in [-0.4, -0.2) is 55.3 Å². The molecule has 4 rings (SSSR count). The molecule has 0 saturated carbocycles. The molecular weight excluding hydrogens is 499 g/mol. The third-order valence-electron chi connectivity index (χ3n) is 7.18. The summed E-state index contributed by atoms with van der Waals surface area (Å²) in [6, 6.07) is 11.0. The van der Waals surface area contributed by atoms with Gasteiger partial charge in [0.2, 0.25) is 0 Å². The SMILES string of the molecule is Cc1ccc(C(=O)NC(C)C2CCN(C3CCNC(=O)N3)CC2)cc1OCCc1ccc(Cl)cc1Cl. The van der Waals surface area contributed by atoms with E-state index in [-0.39, 0.29) is 24.1 Å². The molecule has 194 valence electrons. The van der Waals surface area contributed by atoms with Crippen molar-refractivity contribution in [1.29, 1.82) is 0 Å². The van der Waals surface area contributed by atoms with Crippen LogP contribution in [0.4, 0.5) is 4.79 Å². The first kappa shape index (κ1) is 26.6. The van der Waals surface area contributed by atoms with Crippen molar-refractivity contribution in [2.45, 2.75) is 51.7 Å². The zero-order valence-corrected chi connectivity index (χ0v) is 22.3. The highest BCUT2D eigenvalue weighted by molar-refractivity contribution is 6.35. The number of urea groups is 1. The Bertz CT molecular complexity index is 1090. The summed E-state index contributed by atoms with van der Waals surface area (Å²) >= 11 is 12.2. The molecule has 0 spiro atoms. The average molecular weight is 534 g/mol. The van der Waals surface area contributed by atoms with Crippen LogP contribution in [-0.2, 0) is 6.42 Å². The van der Waals surface area contributed by atoms with E-state index >= 15 is 0 Å². The maximum atomic E-state index is 13.0. The predicted octanol–water partition coefficient (Wildman–Crippen LogP) is 4.78. The molecule has 2 heterocycles. The number of ether oxygens (including phenoxy) is 1. The van der Waals surface area contributed by atoms with Gasteiger partial charge in [-0.3, -0.25) is 9.69 Å². The van der Waals surface area contributed by atoms with Crippen molar-refractivity contribution < 1.29 is 14.3 Å². The van der Waals surface area contributed by atoms with Crippen LogP contribution in [0.1, 0.15) is 47.7 Å². The summed E-state index contributed by atoms with van der Waals surface area (Å²) in [6.45, 7) is 7.02. The number of likely N-dealkylation sites (tertiary alicyclic amines) is 1. The first-order valence-corrected chi connectivity index (χ1v) is 13.3. The summed E-state index contributed by atoms with van der Waals surface area (Å²) < 4.78 is 6.00. The monoisotopic (exact) mass is 532 g/mol. The van der Waals surface area contributed by atoms with E-state index in [2.05, 4.69) is 27.8 Å². The number of nitrogens with zero attached hydrogens (tertiary/aromatic N) is 1. The van der Waals surface area contributed by atoms with E-state index in [4.69, 9.17) is 27.9 Å². The number of hydrogen-bond donors (Lipinski definition) is 3. The van der Waals surface area contributed by atoms with Gasteiger partial charge in [0.25, 0.3) is 5.91 Å². The Labute approximate surface area is 222 Å². The molecule has 2 atom stereocenters. The maximum Gasteiger partial charge on any atom is 0.316 e. The summed E-state index contributed by atoms with van der Waals surface area (Å²) in [5.74, 6) is 0.992. The number of halogens is 2. The molecule has 0 bridgehead atoms. The van der Waals surface area contributed by atoms with Crippen LogP contribution >= 0.6 is 23.2 Å². The lowest BCUT2D eigenvalue weighted by molar-refractivity contribution is 0.0812.